The maximum atomic E-state index is 11.4. The van der Waals surface area contributed by atoms with E-state index in [1.54, 1.807) is 39.0 Å². The quantitative estimate of drug-likeness (QED) is 0.644. The molecule has 0 unspecified atom stereocenters. The molecule has 6 heteroatoms. The monoisotopic (exact) mass is 295 g/mol. The standard InChI is InChI=1S/C15H21NO5/c1-15(2,3)21-14(18)16-7-8-20-12-6-5-11(10-17)9-13(12)19-4/h5-6,9-10H,7-8H2,1-4H3,(H,16,18). The first-order valence-electron chi connectivity index (χ1n) is 6.58. The lowest BCUT2D eigenvalue weighted by Gasteiger charge is -2.19. The summed E-state index contributed by atoms with van der Waals surface area (Å²) in [4.78, 5) is 22.1. The molecule has 0 atom stereocenters. The molecule has 0 heterocycles. The van der Waals surface area contributed by atoms with E-state index in [1.807, 2.05) is 0 Å². The van der Waals surface area contributed by atoms with Gasteiger partial charge in [-0.2, -0.15) is 0 Å². The molecule has 0 fully saturated rings. The van der Waals surface area contributed by atoms with Gasteiger partial charge in [0.05, 0.1) is 13.7 Å². The number of carbonyl (C=O) groups excluding carboxylic acids is 2. The number of nitrogens with one attached hydrogen (secondary N) is 1. The molecule has 1 N–H and O–H groups in total. The second-order valence-electron chi connectivity index (χ2n) is 5.31. The molecule has 0 aromatic heterocycles. The van der Waals surface area contributed by atoms with Crippen LogP contribution in [0.5, 0.6) is 11.5 Å². The fourth-order valence-corrected chi connectivity index (χ4v) is 1.50. The van der Waals surface area contributed by atoms with Gasteiger partial charge in [0.15, 0.2) is 11.5 Å². The molecule has 1 aromatic rings. The van der Waals surface area contributed by atoms with Crippen molar-refractivity contribution in [1.29, 1.82) is 0 Å². The van der Waals surface area contributed by atoms with Gasteiger partial charge in [0, 0.05) is 5.56 Å². The van der Waals surface area contributed by atoms with Crippen molar-refractivity contribution < 1.29 is 23.8 Å². The molecule has 0 saturated carbocycles. The number of benzene rings is 1. The second-order valence-corrected chi connectivity index (χ2v) is 5.31. The van der Waals surface area contributed by atoms with Crippen molar-refractivity contribution in [3.8, 4) is 11.5 Å². The van der Waals surface area contributed by atoms with Gasteiger partial charge >= 0.3 is 6.09 Å². The molecule has 21 heavy (non-hydrogen) atoms. The molecule has 6 nitrogen and oxygen atoms in total. The summed E-state index contributed by atoms with van der Waals surface area (Å²) in [5, 5.41) is 2.59. The molecule has 1 rings (SSSR count). The minimum Gasteiger partial charge on any atom is -0.493 e. The lowest BCUT2D eigenvalue weighted by atomic mass is 10.2. The lowest BCUT2D eigenvalue weighted by Crippen LogP contribution is -2.34. The summed E-state index contributed by atoms with van der Waals surface area (Å²) in [7, 11) is 1.50. The zero-order valence-electron chi connectivity index (χ0n) is 12.8. The zero-order chi connectivity index (χ0) is 15.9. The zero-order valence-corrected chi connectivity index (χ0v) is 12.8. The minimum absolute atomic E-state index is 0.260. The summed E-state index contributed by atoms with van der Waals surface area (Å²) in [6, 6.07) is 4.87. The van der Waals surface area contributed by atoms with Crippen LogP contribution >= 0.6 is 0 Å². The van der Waals surface area contributed by atoms with Gasteiger partial charge in [-0.15, -0.1) is 0 Å². The number of hydrogen-bond donors (Lipinski definition) is 1. The van der Waals surface area contributed by atoms with Crippen LogP contribution in [-0.4, -0.2) is 38.2 Å². The summed E-state index contributed by atoms with van der Waals surface area (Å²) in [6.45, 7) is 5.94. The Bertz CT molecular complexity index is 493. The first-order chi connectivity index (χ1) is 9.85. The molecule has 0 bridgehead atoms. The van der Waals surface area contributed by atoms with Gasteiger partial charge in [-0.1, -0.05) is 0 Å². The van der Waals surface area contributed by atoms with E-state index in [0.717, 1.165) is 6.29 Å². The van der Waals surface area contributed by atoms with Crippen LogP contribution in [0.4, 0.5) is 4.79 Å². The normalized spacial score (nSPS) is 10.7. The highest BCUT2D eigenvalue weighted by Gasteiger charge is 2.15. The summed E-state index contributed by atoms with van der Waals surface area (Å²) < 4.78 is 15.7. The molecular weight excluding hydrogens is 274 g/mol. The molecule has 0 aliphatic rings. The summed E-state index contributed by atoms with van der Waals surface area (Å²) in [5.74, 6) is 0.978. The first kappa shape index (κ1) is 16.8. The van der Waals surface area contributed by atoms with E-state index >= 15 is 0 Å². The Hall–Kier alpha value is -2.24. The second kappa shape index (κ2) is 7.52. The highest BCUT2D eigenvalue weighted by atomic mass is 16.6. The topological polar surface area (TPSA) is 73.9 Å². The Morgan fingerprint density at radius 1 is 1.29 bits per heavy atom. The Kier molecular flexibility index (Phi) is 6.02. The van der Waals surface area contributed by atoms with E-state index in [0.29, 0.717) is 23.6 Å². The summed E-state index contributed by atoms with van der Waals surface area (Å²) in [6.07, 6.45) is 0.241. The SMILES string of the molecule is COc1cc(C=O)ccc1OCCNC(=O)OC(C)(C)C. The van der Waals surface area contributed by atoms with Gasteiger partial charge in [0.1, 0.15) is 18.5 Å². The van der Waals surface area contributed by atoms with Crippen LogP contribution in [0, 0.1) is 0 Å². The Balaban J connectivity index is 2.42. The number of ether oxygens (including phenoxy) is 3. The lowest BCUT2D eigenvalue weighted by molar-refractivity contribution is 0.0520. The van der Waals surface area contributed by atoms with Crippen LogP contribution in [0.1, 0.15) is 31.1 Å². The predicted octanol–water partition coefficient (Wildman–Crippen LogP) is 2.41. The smallest absolute Gasteiger partial charge is 0.407 e. The predicted molar refractivity (Wildman–Crippen MR) is 78.1 cm³/mol. The molecule has 0 radical (unpaired) electrons. The molecule has 1 amide bonds. The number of amides is 1. The molecule has 0 spiro atoms. The third-order valence-corrected chi connectivity index (χ3v) is 2.35. The molecule has 0 aliphatic heterocycles. The van der Waals surface area contributed by atoms with Gasteiger partial charge in [0.2, 0.25) is 0 Å². The molecular formula is C15H21NO5. The van der Waals surface area contributed by atoms with Gasteiger partial charge in [0.25, 0.3) is 0 Å². The maximum Gasteiger partial charge on any atom is 0.407 e. The van der Waals surface area contributed by atoms with E-state index in [9.17, 15) is 9.59 Å². The molecule has 0 saturated heterocycles. The van der Waals surface area contributed by atoms with Crippen molar-refractivity contribution in [3.63, 3.8) is 0 Å². The van der Waals surface area contributed by atoms with Crippen molar-refractivity contribution in [1.82, 2.24) is 5.32 Å². The average molecular weight is 295 g/mol. The number of alkyl carbamates (subject to hydrolysis) is 1. The highest BCUT2D eigenvalue weighted by molar-refractivity contribution is 5.76. The van der Waals surface area contributed by atoms with Crippen LogP contribution in [0.25, 0.3) is 0 Å². The van der Waals surface area contributed by atoms with Crippen molar-refractivity contribution >= 4 is 12.4 Å². The molecule has 1 aromatic carbocycles. The van der Waals surface area contributed by atoms with E-state index in [1.165, 1.54) is 7.11 Å². The van der Waals surface area contributed by atoms with Crippen molar-refractivity contribution in [2.45, 2.75) is 26.4 Å². The Morgan fingerprint density at radius 3 is 2.57 bits per heavy atom. The van der Waals surface area contributed by atoms with E-state index in [-0.39, 0.29) is 6.61 Å². The number of rotatable bonds is 6. The Morgan fingerprint density at radius 2 is 2.00 bits per heavy atom. The van der Waals surface area contributed by atoms with Crippen molar-refractivity contribution in [2.24, 2.45) is 0 Å². The number of methoxy groups -OCH3 is 1. The van der Waals surface area contributed by atoms with E-state index in [2.05, 4.69) is 5.32 Å². The van der Waals surface area contributed by atoms with Crippen LogP contribution in [0.15, 0.2) is 18.2 Å². The summed E-state index contributed by atoms with van der Waals surface area (Å²) >= 11 is 0. The average Bonchev–Trinajstić information content (AvgIpc) is 2.41. The van der Waals surface area contributed by atoms with Crippen molar-refractivity contribution in [2.75, 3.05) is 20.3 Å². The van der Waals surface area contributed by atoms with E-state index in [4.69, 9.17) is 14.2 Å². The van der Waals surface area contributed by atoms with Crippen molar-refractivity contribution in [3.05, 3.63) is 23.8 Å². The van der Waals surface area contributed by atoms with Gasteiger partial charge < -0.3 is 19.5 Å². The third kappa shape index (κ3) is 6.16. The van der Waals surface area contributed by atoms with Crippen LogP contribution < -0.4 is 14.8 Å². The van der Waals surface area contributed by atoms with Crippen LogP contribution in [-0.2, 0) is 4.74 Å². The third-order valence-electron chi connectivity index (χ3n) is 2.35. The first-order valence-corrected chi connectivity index (χ1v) is 6.58. The summed E-state index contributed by atoms with van der Waals surface area (Å²) in [5.41, 5.74) is -0.0233. The van der Waals surface area contributed by atoms with Crippen LogP contribution in [0.2, 0.25) is 0 Å². The minimum atomic E-state index is -0.529. The number of aldehydes is 1. The van der Waals surface area contributed by atoms with Gasteiger partial charge in [-0.25, -0.2) is 4.79 Å². The van der Waals surface area contributed by atoms with Crippen LogP contribution in [0.3, 0.4) is 0 Å². The fraction of sp³-hybridized carbons (Fsp3) is 0.467. The molecule has 0 aliphatic carbocycles. The Labute approximate surface area is 124 Å². The van der Waals surface area contributed by atoms with Gasteiger partial charge in [-0.05, 0) is 39.0 Å². The number of carbonyl (C=O) groups is 2. The molecule has 116 valence electrons. The maximum absolute atomic E-state index is 11.4. The largest absolute Gasteiger partial charge is 0.493 e. The van der Waals surface area contributed by atoms with E-state index < -0.39 is 11.7 Å². The fourth-order valence-electron chi connectivity index (χ4n) is 1.50. The van der Waals surface area contributed by atoms with Gasteiger partial charge in [-0.3, -0.25) is 4.79 Å². The highest BCUT2D eigenvalue weighted by Crippen LogP contribution is 2.27. The number of hydrogen-bond acceptors (Lipinski definition) is 5.